The van der Waals surface area contributed by atoms with Crippen LogP contribution < -0.4 is 10.5 Å². The Morgan fingerprint density at radius 3 is 1.69 bits per heavy atom. The van der Waals surface area contributed by atoms with Crippen molar-refractivity contribution in [3.05, 3.63) is 90.5 Å². The first-order chi connectivity index (χ1) is 24.5. The van der Waals surface area contributed by atoms with Crippen molar-refractivity contribution >= 4 is 81.4 Å². The number of azo groups is 3. The van der Waals surface area contributed by atoms with Crippen LogP contribution >= 0.6 is 0 Å². The quantitative estimate of drug-likeness (QED) is 0.0586. The standard InChI is InChI=1S/C30H25N7O9S2.O3S/c1-46-25-14-23(36-34-20-9-7-19(8-10-20)33-32-18-5-3-2-4-6-18)17(16-38)13-24(25)37-35-22-12-11-21-26(47(40,41)42)15-27(48(43,44)45)29(31)28(21)30(22)39;1-4(2)3/h2-15,38-39H,16,31H2,1H3,(H,40,41,42)(H,43,44,45);. The molecule has 270 valence electrons. The molecule has 0 aliphatic rings. The maximum atomic E-state index is 12.0. The number of anilines is 1. The smallest absolute Gasteiger partial charge is 0.425 e. The average Bonchev–Trinajstić information content (AvgIpc) is 3.09. The minimum absolute atomic E-state index is 0.0754. The van der Waals surface area contributed by atoms with Gasteiger partial charge < -0.3 is 20.7 Å². The summed E-state index contributed by atoms with van der Waals surface area (Å²) in [6, 6.07) is 21.6. The first kappa shape index (κ1) is 38.8. The summed E-state index contributed by atoms with van der Waals surface area (Å²) in [6.07, 6.45) is 0. The lowest BCUT2D eigenvalue weighted by atomic mass is 10.1. The number of fused-ring (bicyclic) bond motifs is 1. The third kappa shape index (κ3) is 9.59. The molecule has 0 saturated carbocycles. The number of nitrogens with zero attached hydrogens (tertiary/aromatic N) is 6. The molecular weight excluding hydrogens is 747 g/mol. The van der Waals surface area contributed by atoms with Gasteiger partial charge in [0.1, 0.15) is 26.9 Å². The lowest BCUT2D eigenvalue weighted by Gasteiger charge is -2.13. The Labute approximate surface area is 296 Å². The fourth-order valence-electron chi connectivity index (χ4n) is 4.44. The van der Waals surface area contributed by atoms with Crippen LogP contribution in [0.4, 0.5) is 39.8 Å². The zero-order chi connectivity index (χ0) is 38.2. The number of ether oxygens (including phenoxy) is 1. The van der Waals surface area contributed by atoms with E-state index in [1.165, 1.54) is 19.2 Å². The number of nitrogen functional groups attached to an aromatic ring is 1. The number of methoxy groups -OCH3 is 1. The van der Waals surface area contributed by atoms with Gasteiger partial charge in [0, 0.05) is 17.0 Å². The summed E-state index contributed by atoms with van der Waals surface area (Å²) >= 11 is 0. The van der Waals surface area contributed by atoms with E-state index in [2.05, 4.69) is 30.7 Å². The van der Waals surface area contributed by atoms with E-state index in [-0.39, 0.29) is 33.8 Å². The highest BCUT2D eigenvalue weighted by molar-refractivity contribution is 7.87. The monoisotopic (exact) mass is 771 g/mol. The number of aliphatic hydroxyl groups is 1. The van der Waals surface area contributed by atoms with Gasteiger partial charge in [-0.3, -0.25) is 9.11 Å². The molecule has 0 amide bonds. The fraction of sp³-hybridized carbons (Fsp3) is 0.0667. The highest BCUT2D eigenvalue weighted by Gasteiger charge is 2.26. The van der Waals surface area contributed by atoms with Crippen molar-refractivity contribution in [3.63, 3.8) is 0 Å². The van der Waals surface area contributed by atoms with Gasteiger partial charge >= 0.3 is 10.6 Å². The summed E-state index contributed by atoms with van der Waals surface area (Å²) in [5.41, 5.74) is 7.28. The van der Waals surface area contributed by atoms with Gasteiger partial charge in [-0.05, 0) is 54.6 Å². The molecule has 5 aromatic carbocycles. The molecule has 0 heterocycles. The van der Waals surface area contributed by atoms with E-state index in [0.717, 1.165) is 12.1 Å². The highest BCUT2D eigenvalue weighted by Crippen LogP contribution is 2.44. The number of nitrogens with two attached hydrogens (primary N) is 1. The van der Waals surface area contributed by atoms with Crippen LogP contribution in [-0.2, 0) is 37.5 Å². The molecule has 0 fully saturated rings. The van der Waals surface area contributed by atoms with Crippen molar-refractivity contribution in [2.45, 2.75) is 16.4 Å². The van der Waals surface area contributed by atoms with Gasteiger partial charge in [-0.2, -0.15) is 37.3 Å². The Morgan fingerprint density at radius 1 is 0.673 bits per heavy atom. The topological polar surface area (TPSA) is 310 Å². The largest absolute Gasteiger partial charge is 0.505 e. The summed E-state index contributed by atoms with van der Waals surface area (Å²) in [7, 11) is -11.9. The summed E-state index contributed by atoms with van der Waals surface area (Å²) in [6.45, 7) is -0.478. The minimum Gasteiger partial charge on any atom is -0.505 e. The SMILES string of the molecule is COc1cc(N=Nc2ccc(N=Nc3ccccc3)cc2)c(CO)cc1N=Nc1ccc2c(S(=O)(=O)O)cc(S(=O)(=O)O)c(N)c2c1O.O=S(=O)=O. The van der Waals surface area contributed by atoms with Crippen molar-refractivity contribution in [2.24, 2.45) is 30.7 Å². The Kier molecular flexibility index (Phi) is 12.2. The van der Waals surface area contributed by atoms with Gasteiger partial charge in [0.2, 0.25) is 0 Å². The van der Waals surface area contributed by atoms with Crippen molar-refractivity contribution in [2.75, 3.05) is 12.8 Å². The van der Waals surface area contributed by atoms with Crippen molar-refractivity contribution in [1.82, 2.24) is 0 Å². The van der Waals surface area contributed by atoms with Gasteiger partial charge in [0.25, 0.3) is 20.2 Å². The Bertz CT molecular complexity index is 2560. The summed E-state index contributed by atoms with van der Waals surface area (Å²) in [4.78, 5) is -1.99. The van der Waals surface area contributed by atoms with E-state index >= 15 is 0 Å². The fourth-order valence-corrected chi connectivity index (χ4v) is 5.88. The van der Waals surface area contributed by atoms with Crippen LogP contribution in [0.2, 0.25) is 0 Å². The Hall–Kier alpha value is -6.04. The van der Waals surface area contributed by atoms with E-state index in [4.69, 9.17) is 23.1 Å². The molecule has 0 radical (unpaired) electrons. The van der Waals surface area contributed by atoms with Crippen LogP contribution in [0.3, 0.4) is 0 Å². The lowest BCUT2D eigenvalue weighted by molar-refractivity contribution is 0.282. The second kappa shape index (κ2) is 16.3. The van der Waals surface area contributed by atoms with Crippen molar-refractivity contribution < 1.29 is 53.5 Å². The number of aliphatic hydroxyl groups excluding tert-OH is 1. The summed E-state index contributed by atoms with van der Waals surface area (Å²) in [5.74, 6) is -0.660. The zero-order valence-corrected chi connectivity index (χ0v) is 28.8. The molecule has 0 aliphatic carbocycles. The number of benzene rings is 5. The van der Waals surface area contributed by atoms with Crippen molar-refractivity contribution in [1.29, 1.82) is 0 Å². The zero-order valence-electron chi connectivity index (χ0n) is 26.3. The summed E-state index contributed by atoms with van der Waals surface area (Å²) in [5, 5.41) is 44.9. The molecule has 0 bridgehead atoms. The third-order valence-corrected chi connectivity index (χ3v) is 8.54. The minimum atomic E-state index is -5.08. The van der Waals surface area contributed by atoms with Crippen LogP contribution in [0, 0.1) is 0 Å². The molecule has 19 nitrogen and oxygen atoms in total. The second-order valence-electron chi connectivity index (χ2n) is 10.1. The van der Waals surface area contributed by atoms with Gasteiger partial charge in [0.15, 0.2) is 5.75 Å². The van der Waals surface area contributed by atoms with Gasteiger partial charge in [-0.25, -0.2) is 0 Å². The molecule has 5 rings (SSSR count). The molecule has 0 aromatic heterocycles. The van der Waals surface area contributed by atoms with E-state index in [1.54, 1.807) is 24.3 Å². The normalized spacial score (nSPS) is 12.0. The maximum Gasteiger partial charge on any atom is 0.425 e. The van der Waals surface area contributed by atoms with Gasteiger partial charge in [-0.15, -0.1) is 22.9 Å². The van der Waals surface area contributed by atoms with Gasteiger partial charge in [-0.1, -0.05) is 24.3 Å². The number of phenolic OH excluding ortho intramolecular Hbond substituents is 1. The van der Waals surface area contributed by atoms with Crippen LogP contribution in [0.25, 0.3) is 10.8 Å². The maximum absolute atomic E-state index is 12.0. The van der Waals surface area contributed by atoms with Gasteiger partial charge in [0.05, 0.1) is 47.5 Å². The average molecular weight is 772 g/mol. The second-order valence-corrected chi connectivity index (χ2v) is 13.2. The molecule has 0 atom stereocenters. The predicted molar refractivity (Wildman–Crippen MR) is 184 cm³/mol. The van der Waals surface area contributed by atoms with E-state index < -0.39 is 64.1 Å². The molecule has 0 unspecified atom stereocenters. The van der Waals surface area contributed by atoms with Crippen LogP contribution in [0.5, 0.6) is 11.5 Å². The number of aromatic hydroxyl groups is 1. The number of phenols is 1. The van der Waals surface area contributed by atoms with Crippen LogP contribution in [0.15, 0.2) is 125 Å². The summed E-state index contributed by atoms with van der Waals surface area (Å²) < 4.78 is 97.6. The van der Waals surface area contributed by atoms with E-state index in [0.29, 0.717) is 23.1 Å². The Morgan fingerprint density at radius 2 is 1.17 bits per heavy atom. The number of hydrogen-bond acceptors (Lipinski definition) is 17. The van der Waals surface area contributed by atoms with E-state index in [1.807, 2.05) is 30.3 Å². The van der Waals surface area contributed by atoms with Crippen molar-refractivity contribution in [3.8, 4) is 11.5 Å². The predicted octanol–water partition coefficient (Wildman–Crippen LogP) is 6.36. The van der Waals surface area contributed by atoms with Crippen LogP contribution in [-0.4, -0.2) is 55.9 Å². The first-order valence-corrected chi connectivity index (χ1v) is 17.9. The molecule has 5 aromatic rings. The Balaban J connectivity index is 0.00000144. The molecule has 0 spiro atoms. The van der Waals surface area contributed by atoms with E-state index in [9.17, 15) is 36.2 Å². The number of rotatable bonds is 10. The highest BCUT2D eigenvalue weighted by atomic mass is 32.2. The number of hydrogen-bond donors (Lipinski definition) is 5. The van der Waals surface area contributed by atoms with Crippen LogP contribution in [0.1, 0.15) is 5.56 Å². The molecule has 52 heavy (non-hydrogen) atoms. The molecule has 0 aliphatic heterocycles. The first-order valence-electron chi connectivity index (χ1n) is 14.1. The molecule has 22 heteroatoms. The molecule has 0 saturated heterocycles. The lowest BCUT2D eigenvalue weighted by Crippen LogP contribution is -2.08. The molecular formula is C30H25N7O12S3. The third-order valence-electron chi connectivity index (χ3n) is 6.75. The molecule has 6 N–H and O–H groups in total.